The number of rotatable bonds is 4. The third-order valence-electron chi connectivity index (χ3n) is 1.45. The Bertz CT molecular complexity index is 456. The highest BCUT2D eigenvalue weighted by Crippen LogP contribution is 2.14. The maximum atomic E-state index is 11.4. The van der Waals surface area contributed by atoms with E-state index in [-0.39, 0.29) is 10.7 Å². The Morgan fingerprint density at radius 3 is 2.40 bits per heavy atom. The first-order chi connectivity index (χ1) is 6.89. The Labute approximate surface area is 98.5 Å². The summed E-state index contributed by atoms with van der Waals surface area (Å²) in [4.78, 5) is -0.0727. The molecule has 0 aromatic heterocycles. The Balaban J connectivity index is 2.78. The number of halogens is 1. The Hall–Kier alpha value is -0.850. The minimum absolute atomic E-state index is 0.0727. The number of benzene rings is 1. The van der Waals surface area contributed by atoms with Crippen LogP contribution >= 0.6 is 23.8 Å². The molecule has 0 saturated heterocycles. The van der Waals surface area contributed by atoms with Crippen molar-refractivity contribution in [2.45, 2.75) is 0 Å². The second-order valence-corrected chi connectivity index (χ2v) is 5.52. The summed E-state index contributed by atoms with van der Waals surface area (Å²) in [6.07, 6.45) is 0. The molecule has 7 heteroatoms. The summed E-state index contributed by atoms with van der Waals surface area (Å²) in [7, 11) is -3.51. The fraction of sp³-hybridized carbons (Fsp3) is 0.125. The van der Waals surface area contributed by atoms with Gasteiger partial charge in [0.1, 0.15) is 5.75 Å². The molecule has 0 bridgehead atoms. The normalized spacial score (nSPS) is 11.0. The first-order valence-electron chi connectivity index (χ1n) is 3.93. The summed E-state index contributed by atoms with van der Waals surface area (Å²) < 4.78 is 25.1. The van der Waals surface area contributed by atoms with Gasteiger partial charge in [-0.3, -0.25) is 4.72 Å². The number of thiocarbonyl (C=S) groups is 1. The van der Waals surface area contributed by atoms with E-state index in [1.807, 2.05) is 0 Å². The maximum Gasteiger partial charge on any atom is 0.239 e. The van der Waals surface area contributed by atoms with E-state index in [4.69, 9.17) is 17.3 Å². The quantitative estimate of drug-likeness (QED) is 0.806. The van der Waals surface area contributed by atoms with Crippen molar-refractivity contribution in [3.05, 3.63) is 29.3 Å². The molecule has 1 aromatic carbocycles. The molecule has 0 saturated carbocycles. The average molecular weight is 265 g/mol. The van der Waals surface area contributed by atoms with Crippen molar-refractivity contribution < 1.29 is 8.42 Å². The average Bonchev–Trinajstić information content (AvgIpc) is 2.06. The lowest BCUT2D eigenvalue weighted by Crippen LogP contribution is -2.26. The molecular weight excluding hydrogens is 256 g/mol. The highest BCUT2D eigenvalue weighted by Gasteiger charge is 2.11. The van der Waals surface area contributed by atoms with E-state index < -0.39 is 10.0 Å². The molecule has 0 heterocycles. The highest BCUT2D eigenvalue weighted by atomic mass is 35.5. The van der Waals surface area contributed by atoms with Crippen LogP contribution in [0.15, 0.2) is 24.3 Å². The fourth-order valence-electron chi connectivity index (χ4n) is 0.921. The predicted molar refractivity (Wildman–Crippen MR) is 65.6 cm³/mol. The van der Waals surface area contributed by atoms with Crippen molar-refractivity contribution in [3.8, 4) is 0 Å². The molecule has 4 nitrogen and oxygen atoms in total. The Morgan fingerprint density at radius 1 is 1.40 bits per heavy atom. The van der Waals surface area contributed by atoms with E-state index in [9.17, 15) is 8.42 Å². The van der Waals surface area contributed by atoms with Gasteiger partial charge in [0.2, 0.25) is 10.0 Å². The first kappa shape index (κ1) is 12.2. The van der Waals surface area contributed by atoms with Gasteiger partial charge in [0, 0.05) is 10.7 Å². The van der Waals surface area contributed by atoms with Gasteiger partial charge in [-0.15, -0.1) is 0 Å². The maximum absolute atomic E-state index is 11.4. The summed E-state index contributed by atoms with van der Waals surface area (Å²) in [6, 6.07) is 6.28. The van der Waals surface area contributed by atoms with E-state index >= 15 is 0 Å². The van der Waals surface area contributed by atoms with Crippen LogP contribution in [0.1, 0.15) is 0 Å². The monoisotopic (exact) mass is 264 g/mol. The number of hydrogen-bond donors (Lipinski definition) is 2. The minimum atomic E-state index is -3.51. The van der Waals surface area contributed by atoms with Crippen molar-refractivity contribution in [1.82, 2.24) is 0 Å². The van der Waals surface area contributed by atoms with Crippen LogP contribution in [0, 0.1) is 0 Å². The standard InChI is InChI=1S/C8H9ClN2O2S2/c9-6-1-3-7(4-2-6)11-15(12,13)5-8(10)14/h1-4,11H,5H2,(H2,10,14). The zero-order valence-corrected chi connectivity index (χ0v) is 9.99. The van der Waals surface area contributed by atoms with Crippen LogP contribution in [-0.4, -0.2) is 19.2 Å². The summed E-state index contributed by atoms with van der Waals surface area (Å²) in [5, 5.41) is 0.535. The van der Waals surface area contributed by atoms with Crippen LogP contribution in [0.4, 0.5) is 5.69 Å². The number of nitrogens with two attached hydrogens (primary N) is 1. The van der Waals surface area contributed by atoms with Gasteiger partial charge in [-0.05, 0) is 24.3 Å². The molecule has 1 rings (SSSR count). The van der Waals surface area contributed by atoms with Crippen LogP contribution in [0.3, 0.4) is 0 Å². The van der Waals surface area contributed by atoms with Crippen LogP contribution in [0.5, 0.6) is 0 Å². The molecule has 82 valence electrons. The Morgan fingerprint density at radius 2 is 1.93 bits per heavy atom. The fourth-order valence-corrected chi connectivity index (χ4v) is 2.45. The molecule has 3 N–H and O–H groups in total. The predicted octanol–water partition coefficient (Wildman–Crippen LogP) is 1.37. The number of nitrogens with one attached hydrogen (secondary N) is 1. The van der Waals surface area contributed by atoms with Gasteiger partial charge in [0.05, 0.1) is 4.99 Å². The van der Waals surface area contributed by atoms with Crippen LogP contribution in [0.2, 0.25) is 5.02 Å². The molecule has 0 fully saturated rings. The first-order valence-corrected chi connectivity index (χ1v) is 6.37. The van der Waals surface area contributed by atoms with Gasteiger partial charge in [-0.1, -0.05) is 23.8 Å². The number of anilines is 1. The molecule has 0 radical (unpaired) electrons. The summed E-state index contributed by atoms with van der Waals surface area (Å²) in [5.41, 5.74) is 5.57. The van der Waals surface area contributed by atoms with Gasteiger partial charge in [-0.25, -0.2) is 8.42 Å². The van der Waals surface area contributed by atoms with Crippen molar-refractivity contribution in [2.75, 3.05) is 10.5 Å². The lowest BCUT2D eigenvalue weighted by atomic mass is 10.3. The third kappa shape index (κ3) is 4.46. The summed E-state index contributed by atoms with van der Waals surface area (Å²) in [6.45, 7) is 0. The van der Waals surface area contributed by atoms with E-state index in [0.29, 0.717) is 10.7 Å². The molecule has 0 aliphatic rings. The Kier molecular flexibility index (Phi) is 3.90. The number of sulfonamides is 1. The lowest BCUT2D eigenvalue weighted by Gasteiger charge is -2.06. The summed E-state index contributed by atoms with van der Waals surface area (Å²) >= 11 is 10.2. The highest BCUT2D eigenvalue weighted by molar-refractivity contribution is 7.95. The van der Waals surface area contributed by atoms with E-state index in [0.717, 1.165) is 0 Å². The topological polar surface area (TPSA) is 72.2 Å². The van der Waals surface area contributed by atoms with Gasteiger partial charge < -0.3 is 5.73 Å². The summed E-state index contributed by atoms with van der Waals surface area (Å²) in [5.74, 6) is -0.370. The van der Waals surface area contributed by atoms with Gasteiger partial charge in [-0.2, -0.15) is 0 Å². The van der Waals surface area contributed by atoms with Crippen LogP contribution < -0.4 is 10.5 Å². The minimum Gasteiger partial charge on any atom is -0.392 e. The molecular formula is C8H9ClN2O2S2. The van der Waals surface area contributed by atoms with Gasteiger partial charge in [0.25, 0.3) is 0 Å². The van der Waals surface area contributed by atoms with Crippen molar-refractivity contribution in [1.29, 1.82) is 0 Å². The van der Waals surface area contributed by atoms with Gasteiger partial charge >= 0.3 is 0 Å². The van der Waals surface area contributed by atoms with Crippen LogP contribution in [-0.2, 0) is 10.0 Å². The molecule has 0 aliphatic heterocycles. The van der Waals surface area contributed by atoms with E-state index in [1.54, 1.807) is 24.3 Å². The molecule has 0 amide bonds. The lowest BCUT2D eigenvalue weighted by molar-refractivity contribution is 0.605. The zero-order valence-electron chi connectivity index (χ0n) is 7.60. The largest absolute Gasteiger partial charge is 0.392 e. The zero-order chi connectivity index (χ0) is 11.5. The second kappa shape index (κ2) is 4.78. The molecule has 0 aliphatic carbocycles. The van der Waals surface area contributed by atoms with Gasteiger partial charge in [0.15, 0.2) is 0 Å². The molecule has 15 heavy (non-hydrogen) atoms. The van der Waals surface area contributed by atoms with Crippen molar-refractivity contribution in [3.63, 3.8) is 0 Å². The molecule has 0 atom stereocenters. The molecule has 1 aromatic rings. The van der Waals surface area contributed by atoms with E-state index in [1.165, 1.54) is 0 Å². The number of hydrogen-bond acceptors (Lipinski definition) is 3. The SMILES string of the molecule is NC(=S)CS(=O)(=O)Nc1ccc(Cl)cc1. The van der Waals surface area contributed by atoms with Crippen molar-refractivity contribution >= 4 is 44.5 Å². The molecule has 0 unspecified atom stereocenters. The van der Waals surface area contributed by atoms with E-state index in [2.05, 4.69) is 16.9 Å². The second-order valence-electron chi connectivity index (χ2n) is 2.83. The smallest absolute Gasteiger partial charge is 0.239 e. The molecule has 0 spiro atoms. The van der Waals surface area contributed by atoms with Crippen LogP contribution in [0.25, 0.3) is 0 Å². The van der Waals surface area contributed by atoms with Crippen molar-refractivity contribution in [2.24, 2.45) is 5.73 Å². The third-order valence-corrected chi connectivity index (χ3v) is 3.27.